The minimum atomic E-state index is 0.849. The third-order valence-corrected chi connectivity index (χ3v) is 2.61. The summed E-state index contributed by atoms with van der Waals surface area (Å²) < 4.78 is 2.09. The van der Waals surface area contributed by atoms with E-state index in [0.717, 1.165) is 12.1 Å². The van der Waals surface area contributed by atoms with E-state index in [2.05, 4.69) is 27.8 Å². The summed E-state index contributed by atoms with van der Waals surface area (Å²) in [6.07, 6.45) is 5.88. The molecule has 1 aromatic carbocycles. The number of para-hydroxylation sites is 1. The van der Waals surface area contributed by atoms with Crippen LogP contribution in [0.25, 0.3) is 10.9 Å². The molecular formula is C14H11N2. The van der Waals surface area contributed by atoms with E-state index in [1.807, 2.05) is 42.9 Å². The normalized spacial score (nSPS) is 10.8. The summed E-state index contributed by atoms with van der Waals surface area (Å²) in [4.78, 5) is 4.44. The lowest BCUT2D eigenvalue weighted by atomic mass is 10.1. The second-order valence-corrected chi connectivity index (χ2v) is 3.82. The van der Waals surface area contributed by atoms with E-state index in [4.69, 9.17) is 0 Å². The molecular weight excluding hydrogens is 196 g/mol. The van der Waals surface area contributed by atoms with E-state index < -0.39 is 0 Å². The SMILES string of the molecule is [c]1ccn(Cc2cnc3ccccc3c2)c1. The molecule has 0 aliphatic heterocycles. The third kappa shape index (κ3) is 1.70. The molecule has 1 radical (unpaired) electrons. The van der Waals surface area contributed by atoms with Crippen LogP contribution in [0.1, 0.15) is 5.56 Å². The van der Waals surface area contributed by atoms with Crippen molar-refractivity contribution in [3.8, 4) is 0 Å². The lowest BCUT2D eigenvalue weighted by Gasteiger charge is -2.04. The minimum Gasteiger partial charge on any atom is -0.349 e. The van der Waals surface area contributed by atoms with E-state index in [1.54, 1.807) is 0 Å². The second kappa shape index (κ2) is 3.81. The van der Waals surface area contributed by atoms with Gasteiger partial charge in [-0.2, -0.15) is 0 Å². The highest BCUT2D eigenvalue weighted by atomic mass is 14.9. The van der Waals surface area contributed by atoms with Gasteiger partial charge in [-0.15, -0.1) is 0 Å². The van der Waals surface area contributed by atoms with E-state index >= 15 is 0 Å². The lowest BCUT2D eigenvalue weighted by Crippen LogP contribution is -1.96. The molecule has 77 valence electrons. The van der Waals surface area contributed by atoms with Crippen LogP contribution < -0.4 is 0 Å². The number of aromatic nitrogens is 2. The van der Waals surface area contributed by atoms with Gasteiger partial charge in [0.15, 0.2) is 0 Å². The number of nitrogens with zero attached hydrogens (tertiary/aromatic N) is 2. The first kappa shape index (κ1) is 9.16. The smallest absolute Gasteiger partial charge is 0.0702 e. The molecule has 0 aliphatic rings. The first-order valence-corrected chi connectivity index (χ1v) is 5.27. The Morgan fingerprint density at radius 2 is 2.19 bits per heavy atom. The highest BCUT2D eigenvalue weighted by Crippen LogP contribution is 2.13. The van der Waals surface area contributed by atoms with Crippen LogP contribution in [-0.4, -0.2) is 9.55 Å². The molecule has 2 heteroatoms. The largest absolute Gasteiger partial charge is 0.349 e. The van der Waals surface area contributed by atoms with Gasteiger partial charge >= 0.3 is 0 Å². The molecule has 2 aromatic heterocycles. The molecule has 0 spiro atoms. The molecule has 3 aromatic rings. The maximum Gasteiger partial charge on any atom is 0.0702 e. The van der Waals surface area contributed by atoms with Crippen LogP contribution in [0.4, 0.5) is 0 Å². The van der Waals surface area contributed by atoms with E-state index in [-0.39, 0.29) is 0 Å². The van der Waals surface area contributed by atoms with Crippen molar-refractivity contribution in [2.45, 2.75) is 6.54 Å². The fourth-order valence-corrected chi connectivity index (χ4v) is 1.83. The van der Waals surface area contributed by atoms with Gasteiger partial charge in [0.25, 0.3) is 0 Å². The summed E-state index contributed by atoms with van der Waals surface area (Å²) in [7, 11) is 0. The first-order valence-electron chi connectivity index (χ1n) is 5.27. The van der Waals surface area contributed by atoms with Crippen molar-refractivity contribution < 1.29 is 0 Å². The molecule has 0 saturated heterocycles. The van der Waals surface area contributed by atoms with Gasteiger partial charge in [-0.05, 0) is 23.8 Å². The Hall–Kier alpha value is -2.09. The van der Waals surface area contributed by atoms with Crippen LogP contribution >= 0.6 is 0 Å². The van der Waals surface area contributed by atoms with Crippen LogP contribution in [0.3, 0.4) is 0 Å². The van der Waals surface area contributed by atoms with E-state index in [9.17, 15) is 0 Å². The number of hydrogen-bond donors (Lipinski definition) is 0. The van der Waals surface area contributed by atoms with Gasteiger partial charge < -0.3 is 4.57 Å². The molecule has 0 bridgehead atoms. The number of pyridine rings is 1. The Kier molecular flexibility index (Phi) is 2.18. The van der Waals surface area contributed by atoms with Crippen molar-refractivity contribution >= 4 is 10.9 Å². The quantitative estimate of drug-likeness (QED) is 0.631. The maximum absolute atomic E-state index is 4.44. The highest BCUT2D eigenvalue weighted by molar-refractivity contribution is 5.78. The highest BCUT2D eigenvalue weighted by Gasteiger charge is 1.97. The Morgan fingerprint density at radius 1 is 1.25 bits per heavy atom. The van der Waals surface area contributed by atoms with Crippen molar-refractivity contribution in [1.82, 2.24) is 9.55 Å². The van der Waals surface area contributed by atoms with Crippen LogP contribution in [0.15, 0.2) is 55.0 Å². The fraction of sp³-hybridized carbons (Fsp3) is 0.0714. The van der Waals surface area contributed by atoms with Crippen molar-refractivity contribution in [2.75, 3.05) is 0 Å². The van der Waals surface area contributed by atoms with Crippen LogP contribution in [0.2, 0.25) is 0 Å². The number of hydrogen-bond acceptors (Lipinski definition) is 1. The molecule has 0 N–H and O–H groups in total. The second-order valence-electron chi connectivity index (χ2n) is 3.82. The van der Waals surface area contributed by atoms with Gasteiger partial charge in [-0.1, -0.05) is 18.2 Å². The first-order chi connectivity index (χ1) is 7.92. The third-order valence-electron chi connectivity index (χ3n) is 2.61. The zero-order chi connectivity index (χ0) is 10.8. The molecule has 16 heavy (non-hydrogen) atoms. The lowest BCUT2D eigenvalue weighted by molar-refractivity contribution is 0.803. The Bertz CT molecular complexity index is 597. The van der Waals surface area contributed by atoms with Gasteiger partial charge in [-0.3, -0.25) is 4.98 Å². The minimum absolute atomic E-state index is 0.849. The zero-order valence-electron chi connectivity index (χ0n) is 8.80. The van der Waals surface area contributed by atoms with Gasteiger partial charge in [-0.25, -0.2) is 0 Å². The van der Waals surface area contributed by atoms with Crippen molar-refractivity contribution in [3.05, 3.63) is 66.6 Å². The Balaban J connectivity index is 1.99. The van der Waals surface area contributed by atoms with Gasteiger partial charge in [0.2, 0.25) is 0 Å². The van der Waals surface area contributed by atoms with E-state index in [1.165, 1.54) is 10.9 Å². The fourth-order valence-electron chi connectivity index (χ4n) is 1.83. The molecule has 3 rings (SSSR count). The summed E-state index contributed by atoms with van der Waals surface area (Å²) in [5.41, 5.74) is 2.26. The molecule has 2 nitrogen and oxygen atoms in total. The molecule has 0 unspecified atom stereocenters. The molecule has 2 heterocycles. The zero-order valence-corrected chi connectivity index (χ0v) is 8.80. The molecule has 0 amide bonds. The van der Waals surface area contributed by atoms with Gasteiger partial charge in [0.05, 0.1) is 5.52 Å². The van der Waals surface area contributed by atoms with Crippen molar-refractivity contribution in [3.63, 3.8) is 0 Å². The average molecular weight is 207 g/mol. The van der Waals surface area contributed by atoms with Crippen LogP contribution in [-0.2, 0) is 6.54 Å². The summed E-state index contributed by atoms with van der Waals surface area (Å²) in [6, 6.07) is 15.3. The summed E-state index contributed by atoms with van der Waals surface area (Å²) >= 11 is 0. The van der Waals surface area contributed by atoms with Crippen molar-refractivity contribution in [2.24, 2.45) is 0 Å². The van der Waals surface area contributed by atoms with Gasteiger partial charge in [0, 0.05) is 36.6 Å². The van der Waals surface area contributed by atoms with E-state index in [0.29, 0.717) is 0 Å². The summed E-state index contributed by atoms with van der Waals surface area (Å²) in [5, 5.41) is 1.19. The summed E-state index contributed by atoms with van der Waals surface area (Å²) in [5.74, 6) is 0. The number of benzene rings is 1. The molecule has 0 aliphatic carbocycles. The van der Waals surface area contributed by atoms with Crippen LogP contribution in [0, 0.1) is 6.07 Å². The number of fused-ring (bicyclic) bond motifs is 1. The predicted octanol–water partition coefficient (Wildman–Crippen LogP) is 2.88. The maximum atomic E-state index is 4.44. The number of rotatable bonds is 2. The van der Waals surface area contributed by atoms with Gasteiger partial charge in [0.1, 0.15) is 0 Å². The predicted molar refractivity (Wildman–Crippen MR) is 64.1 cm³/mol. The molecule has 0 saturated carbocycles. The monoisotopic (exact) mass is 207 g/mol. The Morgan fingerprint density at radius 3 is 3.06 bits per heavy atom. The standard InChI is InChI=1S/C14H11N2/c1-2-6-14-13(5-1)9-12(10-15-14)11-16-7-3-4-8-16/h1-3,5-10H,11H2. The summed E-state index contributed by atoms with van der Waals surface area (Å²) in [6.45, 7) is 0.849. The molecule has 0 atom stereocenters. The average Bonchev–Trinajstić information content (AvgIpc) is 2.82. The topological polar surface area (TPSA) is 17.8 Å². The van der Waals surface area contributed by atoms with Crippen molar-refractivity contribution in [1.29, 1.82) is 0 Å². The Labute approximate surface area is 94.2 Å². The molecule has 0 fully saturated rings. The van der Waals surface area contributed by atoms with Crippen LogP contribution in [0.5, 0.6) is 0 Å².